The van der Waals surface area contributed by atoms with E-state index in [1.807, 2.05) is 50.2 Å². The second kappa shape index (κ2) is 10.2. The number of aryl methyl sites for hydroxylation is 3. The summed E-state index contributed by atoms with van der Waals surface area (Å²) in [4.78, 5) is 11.4. The molecule has 1 aliphatic rings. The standard InChI is InChI=1S/C27H30N6O3S/c1-19-8-7-9-20(2)26(19)24-16-25(30-27(29-24)31-37(34,35)23-17-28-32(3)18-23)36-22-12-14-33(15-13-22)21-10-5-4-6-11-21/h4-11,16-18,22H,12-15H2,1-3H3,(H,29,30,31). The Balaban J connectivity index is 1.42. The molecule has 0 amide bonds. The molecule has 1 saturated heterocycles. The van der Waals surface area contributed by atoms with Gasteiger partial charge in [-0.2, -0.15) is 10.1 Å². The maximum absolute atomic E-state index is 13.0. The molecule has 1 aliphatic heterocycles. The Bertz CT molecular complexity index is 1480. The molecule has 0 bridgehead atoms. The first-order valence-corrected chi connectivity index (χ1v) is 13.7. The number of sulfonamides is 1. The highest BCUT2D eigenvalue weighted by atomic mass is 32.2. The van der Waals surface area contributed by atoms with Gasteiger partial charge in [0.1, 0.15) is 11.0 Å². The lowest BCUT2D eigenvalue weighted by Gasteiger charge is -2.33. The second-order valence-electron chi connectivity index (χ2n) is 9.28. The second-order valence-corrected chi connectivity index (χ2v) is 11.0. The molecule has 1 fully saturated rings. The Hall–Kier alpha value is -3.92. The van der Waals surface area contributed by atoms with Crippen molar-refractivity contribution in [2.75, 3.05) is 22.7 Å². The van der Waals surface area contributed by atoms with E-state index < -0.39 is 10.0 Å². The number of para-hydroxylation sites is 1. The van der Waals surface area contributed by atoms with Gasteiger partial charge in [0.2, 0.25) is 11.8 Å². The van der Waals surface area contributed by atoms with Crippen LogP contribution in [0.1, 0.15) is 24.0 Å². The van der Waals surface area contributed by atoms with Crippen molar-refractivity contribution in [3.05, 3.63) is 78.1 Å². The number of hydrogen-bond acceptors (Lipinski definition) is 7. The molecule has 5 rings (SSSR count). The molecular weight excluding hydrogens is 488 g/mol. The van der Waals surface area contributed by atoms with E-state index >= 15 is 0 Å². The Morgan fingerprint density at radius 1 is 0.973 bits per heavy atom. The minimum absolute atomic E-state index is 0.0341. The molecule has 0 spiro atoms. The van der Waals surface area contributed by atoms with Crippen molar-refractivity contribution in [3.8, 4) is 17.1 Å². The molecule has 10 heteroatoms. The highest BCUT2D eigenvalue weighted by molar-refractivity contribution is 7.92. The van der Waals surface area contributed by atoms with E-state index in [4.69, 9.17) is 4.74 Å². The molecule has 37 heavy (non-hydrogen) atoms. The fourth-order valence-corrected chi connectivity index (χ4v) is 5.56. The molecule has 3 heterocycles. The van der Waals surface area contributed by atoms with Gasteiger partial charge in [0.15, 0.2) is 0 Å². The van der Waals surface area contributed by atoms with Gasteiger partial charge < -0.3 is 9.64 Å². The minimum Gasteiger partial charge on any atom is -0.474 e. The molecular formula is C27H30N6O3S. The molecule has 0 atom stereocenters. The zero-order chi connectivity index (χ0) is 26.0. The predicted molar refractivity (Wildman–Crippen MR) is 143 cm³/mol. The summed E-state index contributed by atoms with van der Waals surface area (Å²) in [7, 11) is -2.26. The quantitative estimate of drug-likeness (QED) is 0.388. The van der Waals surface area contributed by atoms with Crippen LogP contribution < -0.4 is 14.4 Å². The maximum atomic E-state index is 13.0. The van der Waals surface area contributed by atoms with Crippen LogP contribution in [0.25, 0.3) is 11.3 Å². The van der Waals surface area contributed by atoms with Crippen LogP contribution in [0.2, 0.25) is 0 Å². The van der Waals surface area contributed by atoms with Gasteiger partial charge in [-0.05, 0) is 37.1 Å². The van der Waals surface area contributed by atoms with Gasteiger partial charge in [-0.25, -0.2) is 18.1 Å². The fraction of sp³-hybridized carbons (Fsp3) is 0.296. The van der Waals surface area contributed by atoms with Gasteiger partial charge in [0, 0.05) is 56.5 Å². The van der Waals surface area contributed by atoms with Gasteiger partial charge in [-0.1, -0.05) is 36.4 Å². The first-order valence-electron chi connectivity index (χ1n) is 12.2. The number of benzene rings is 2. The first kappa shape index (κ1) is 24.8. The topological polar surface area (TPSA) is 102 Å². The molecule has 4 aromatic rings. The van der Waals surface area contributed by atoms with Gasteiger partial charge in [-0.3, -0.25) is 4.68 Å². The number of nitrogens with zero attached hydrogens (tertiary/aromatic N) is 5. The van der Waals surface area contributed by atoms with Crippen molar-refractivity contribution in [1.29, 1.82) is 0 Å². The van der Waals surface area contributed by atoms with Crippen LogP contribution in [0.5, 0.6) is 5.88 Å². The van der Waals surface area contributed by atoms with Gasteiger partial charge in [0.25, 0.3) is 10.0 Å². The van der Waals surface area contributed by atoms with E-state index in [1.54, 1.807) is 13.1 Å². The number of rotatable bonds is 7. The van der Waals surface area contributed by atoms with E-state index in [1.165, 1.54) is 22.8 Å². The number of nitrogens with one attached hydrogen (secondary N) is 1. The lowest BCUT2D eigenvalue weighted by Crippen LogP contribution is -2.38. The van der Waals surface area contributed by atoms with Crippen molar-refractivity contribution < 1.29 is 13.2 Å². The monoisotopic (exact) mass is 518 g/mol. The molecule has 2 aromatic heterocycles. The molecule has 0 unspecified atom stereocenters. The average Bonchev–Trinajstić information content (AvgIpc) is 3.32. The molecule has 0 radical (unpaired) electrons. The van der Waals surface area contributed by atoms with E-state index in [2.05, 4.69) is 36.8 Å². The van der Waals surface area contributed by atoms with Crippen molar-refractivity contribution in [2.24, 2.45) is 7.05 Å². The fourth-order valence-electron chi connectivity index (χ4n) is 4.64. The van der Waals surface area contributed by atoms with Gasteiger partial charge >= 0.3 is 0 Å². The van der Waals surface area contributed by atoms with Crippen LogP contribution in [0, 0.1) is 13.8 Å². The van der Waals surface area contributed by atoms with Crippen molar-refractivity contribution >= 4 is 21.7 Å². The van der Waals surface area contributed by atoms with Crippen LogP contribution in [0.4, 0.5) is 11.6 Å². The molecule has 0 aliphatic carbocycles. The third-order valence-corrected chi connectivity index (χ3v) is 7.79. The summed E-state index contributed by atoms with van der Waals surface area (Å²) in [6.45, 7) is 5.74. The summed E-state index contributed by atoms with van der Waals surface area (Å²) in [6, 6.07) is 18.1. The summed E-state index contributed by atoms with van der Waals surface area (Å²) in [5, 5.41) is 3.96. The lowest BCUT2D eigenvalue weighted by atomic mass is 10.00. The normalized spacial score (nSPS) is 14.5. The summed E-state index contributed by atoms with van der Waals surface area (Å²) < 4.78 is 36.2. The van der Waals surface area contributed by atoms with Crippen LogP contribution in [-0.2, 0) is 17.1 Å². The number of aromatic nitrogens is 4. The number of ether oxygens (including phenoxy) is 1. The van der Waals surface area contributed by atoms with Crippen LogP contribution in [0.3, 0.4) is 0 Å². The Morgan fingerprint density at radius 3 is 2.32 bits per heavy atom. The van der Waals surface area contributed by atoms with Crippen molar-refractivity contribution in [3.63, 3.8) is 0 Å². The van der Waals surface area contributed by atoms with Gasteiger partial charge in [0.05, 0.1) is 11.9 Å². The number of piperidine rings is 1. The first-order chi connectivity index (χ1) is 17.8. The summed E-state index contributed by atoms with van der Waals surface area (Å²) in [5.41, 5.74) is 4.79. The summed E-state index contributed by atoms with van der Waals surface area (Å²) >= 11 is 0. The zero-order valence-corrected chi connectivity index (χ0v) is 21.9. The lowest BCUT2D eigenvalue weighted by molar-refractivity contribution is 0.164. The molecule has 192 valence electrons. The highest BCUT2D eigenvalue weighted by Crippen LogP contribution is 2.30. The van der Waals surface area contributed by atoms with Crippen molar-refractivity contribution in [1.82, 2.24) is 19.7 Å². The van der Waals surface area contributed by atoms with Crippen LogP contribution in [-0.4, -0.2) is 47.4 Å². The largest absolute Gasteiger partial charge is 0.474 e. The molecule has 2 aromatic carbocycles. The van der Waals surface area contributed by atoms with Crippen LogP contribution in [0.15, 0.2) is 71.9 Å². The summed E-state index contributed by atoms with van der Waals surface area (Å²) in [5.74, 6) is 0.301. The Kier molecular flexibility index (Phi) is 6.84. The van der Waals surface area contributed by atoms with E-state index in [9.17, 15) is 8.42 Å². The zero-order valence-electron chi connectivity index (χ0n) is 21.1. The Labute approximate surface area is 217 Å². The molecule has 9 nitrogen and oxygen atoms in total. The summed E-state index contributed by atoms with van der Waals surface area (Å²) in [6.07, 6.45) is 4.33. The maximum Gasteiger partial charge on any atom is 0.267 e. The molecule has 0 saturated carbocycles. The van der Waals surface area contributed by atoms with E-state index in [0.717, 1.165) is 42.6 Å². The molecule has 1 N–H and O–H groups in total. The number of anilines is 2. The average molecular weight is 519 g/mol. The SMILES string of the molecule is Cc1cccc(C)c1-c1cc(OC2CCN(c3ccccc3)CC2)nc(NS(=O)(=O)c2cnn(C)c2)n1. The Morgan fingerprint density at radius 2 is 1.68 bits per heavy atom. The van der Waals surface area contributed by atoms with E-state index in [-0.39, 0.29) is 16.9 Å². The van der Waals surface area contributed by atoms with Crippen molar-refractivity contribution in [2.45, 2.75) is 37.7 Å². The predicted octanol–water partition coefficient (Wildman–Crippen LogP) is 4.34. The smallest absolute Gasteiger partial charge is 0.267 e. The van der Waals surface area contributed by atoms with Crippen LogP contribution >= 0.6 is 0 Å². The minimum atomic E-state index is -3.92. The van der Waals surface area contributed by atoms with E-state index in [0.29, 0.717) is 11.6 Å². The van der Waals surface area contributed by atoms with Gasteiger partial charge in [-0.15, -0.1) is 0 Å². The highest BCUT2D eigenvalue weighted by Gasteiger charge is 2.24. The number of hydrogen-bond donors (Lipinski definition) is 1. The third kappa shape index (κ3) is 5.59. The third-order valence-electron chi connectivity index (χ3n) is 6.51.